The number of ether oxygens (including phenoxy) is 5. The SMILES string of the molecule is CCCc1cc(=O)c2ccc3c(c2o1)[C@@H](OC(=O)C12CCC(C)(C(=O)O1)C2(C)C)[C@@H](OC(=O)C12CCC(C)(C(=O)O1)C2(C)C)C(C)(C)O3. The third kappa shape index (κ3) is 3.68. The maximum Gasteiger partial charge on any atom is 0.351 e. The molecule has 2 saturated carbocycles. The quantitative estimate of drug-likeness (QED) is 0.279. The molecule has 2 aromatic rings. The van der Waals surface area contributed by atoms with Gasteiger partial charge in [0, 0.05) is 23.3 Å². The predicted octanol–water partition coefficient (Wildman–Crippen LogP) is 5.66. The van der Waals surface area contributed by atoms with E-state index in [0.29, 0.717) is 31.4 Å². The highest BCUT2D eigenvalue weighted by Gasteiger charge is 2.78. The van der Waals surface area contributed by atoms with Crippen molar-refractivity contribution in [3.05, 3.63) is 39.7 Å². The van der Waals surface area contributed by atoms with Crippen molar-refractivity contribution in [3.8, 4) is 5.75 Å². The standard InChI is InChI=1S/C37H44O11/c1-10-11-19-18-21(38)20-12-13-22-23(24(20)43-19)25(44-29(41)36-16-14-34(8,27(39)47-36)32(36,4)5)26(31(2,3)46-22)45-30(42)37-17-15-35(9,28(40)48-37)33(37,6)7/h12-13,18,25-26H,10-11,14-17H2,1-9H3/t25-,26-,34?,35?,36?,37?/m1/s1. The van der Waals surface area contributed by atoms with E-state index in [1.807, 2.05) is 34.6 Å². The number of carbonyl (C=O) groups is 4. The smallest absolute Gasteiger partial charge is 0.351 e. The number of rotatable bonds is 6. The van der Waals surface area contributed by atoms with Crippen LogP contribution in [0.1, 0.15) is 112 Å². The molecule has 11 nitrogen and oxygen atoms in total. The van der Waals surface area contributed by atoms with Crippen LogP contribution in [0.3, 0.4) is 0 Å². The van der Waals surface area contributed by atoms with Crippen molar-refractivity contribution in [1.29, 1.82) is 0 Å². The average Bonchev–Trinajstić information content (AvgIpc) is 3.46. The molecule has 5 aliphatic rings. The third-order valence-electron chi connectivity index (χ3n) is 13.4. The number of benzene rings is 1. The highest BCUT2D eigenvalue weighted by atomic mass is 16.7. The van der Waals surface area contributed by atoms with Gasteiger partial charge in [0.25, 0.3) is 0 Å². The highest BCUT2D eigenvalue weighted by Crippen LogP contribution is 2.67. The first-order valence-electron chi connectivity index (χ1n) is 16.9. The second-order valence-electron chi connectivity index (χ2n) is 16.4. The molecule has 6 atom stereocenters. The summed E-state index contributed by atoms with van der Waals surface area (Å²) in [7, 11) is 0. The molecule has 3 aliphatic heterocycles. The second-order valence-corrected chi connectivity index (χ2v) is 16.4. The zero-order valence-corrected chi connectivity index (χ0v) is 29.1. The van der Waals surface area contributed by atoms with E-state index in [1.54, 1.807) is 39.8 Å². The Bertz CT molecular complexity index is 1870. The lowest BCUT2D eigenvalue weighted by Crippen LogP contribution is -2.57. The maximum absolute atomic E-state index is 14.5. The summed E-state index contributed by atoms with van der Waals surface area (Å²) in [5, 5.41) is 0.235. The molecule has 4 fully saturated rings. The molecule has 7 rings (SSSR count). The fourth-order valence-corrected chi connectivity index (χ4v) is 9.01. The first-order valence-corrected chi connectivity index (χ1v) is 16.9. The Morgan fingerprint density at radius 1 is 0.771 bits per heavy atom. The second kappa shape index (κ2) is 9.63. The Kier molecular flexibility index (Phi) is 6.55. The van der Waals surface area contributed by atoms with Crippen LogP contribution in [-0.2, 0) is 44.5 Å². The van der Waals surface area contributed by atoms with Crippen LogP contribution in [0.25, 0.3) is 11.0 Å². The van der Waals surface area contributed by atoms with Crippen molar-refractivity contribution < 1.29 is 47.3 Å². The van der Waals surface area contributed by atoms with Crippen LogP contribution in [0.2, 0.25) is 0 Å². The normalized spacial score (nSPS) is 36.3. The summed E-state index contributed by atoms with van der Waals surface area (Å²) >= 11 is 0. The summed E-state index contributed by atoms with van der Waals surface area (Å²) in [6, 6.07) is 4.65. The number of hydrogen-bond donors (Lipinski definition) is 0. The first-order chi connectivity index (χ1) is 22.2. The van der Waals surface area contributed by atoms with Gasteiger partial charge in [0.1, 0.15) is 22.7 Å². The lowest BCUT2D eigenvalue weighted by molar-refractivity contribution is -0.217. The Labute approximate surface area is 278 Å². The van der Waals surface area contributed by atoms with Gasteiger partial charge in [-0.2, -0.15) is 0 Å². The minimum absolute atomic E-state index is 0.147. The van der Waals surface area contributed by atoms with Gasteiger partial charge in [-0.05, 0) is 71.9 Å². The molecule has 1 aromatic carbocycles. The van der Waals surface area contributed by atoms with Crippen LogP contribution < -0.4 is 10.2 Å². The van der Waals surface area contributed by atoms with Gasteiger partial charge >= 0.3 is 23.9 Å². The number of fused-ring (bicyclic) bond motifs is 7. The van der Waals surface area contributed by atoms with Gasteiger partial charge in [-0.15, -0.1) is 0 Å². The van der Waals surface area contributed by atoms with E-state index in [9.17, 15) is 24.0 Å². The van der Waals surface area contributed by atoms with Gasteiger partial charge in [-0.3, -0.25) is 14.4 Å². The molecule has 2 saturated heterocycles. The van der Waals surface area contributed by atoms with Crippen LogP contribution >= 0.6 is 0 Å². The van der Waals surface area contributed by atoms with Crippen LogP contribution in [-0.4, -0.2) is 46.8 Å². The Hall–Kier alpha value is -3.89. The Balaban J connectivity index is 1.38. The summed E-state index contributed by atoms with van der Waals surface area (Å²) < 4.78 is 37.3. The number of aryl methyl sites for hydroxylation is 1. The molecular formula is C37H44O11. The van der Waals surface area contributed by atoms with Crippen molar-refractivity contribution in [2.24, 2.45) is 21.7 Å². The molecule has 258 valence electrons. The minimum atomic E-state index is -1.59. The largest absolute Gasteiger partial charge is 0.483 e. The van der Waals surface area contributed by atoms with Crippen LogP contribution in [0.4, 0.5) is 0 Å². The molecule has 0 N–H and O–H groups in total. The van der Waals surface area contributed by atoms with E-state index in [4.69, 9.17) is 28.1 Å². The number of carbonyl (C=O) groups excluding carboxylic acids is 4. The van der Waals surface area contributed by atoms with Gasteiger partial charge in [0.05, 0.1) is 21.8 Å². The molecule has 1 aromatic heterocycles. The van der Waals surface area contributed by atoms with Gasteiger partial charge in [-0.1, -0.05) is 34.6 Å². The van der Waals surface area contributed by atoms with Gasteiger partial charge in [0.15, 0.2) is 17.6 Å². The molecule has 48 heavy (non-hydrogen) atoms. The lowest BCUT2D eigenvalue weighted by Gasteiger charge is -2.45. The van der Waals surface area contributed by atoms with Crippen molar-refractivity contribution in [1.82, 2.24) is 0 Å². The molecule has 2 aliphatic carbocycles. The summed E-state index contributed by atoms with van der Waals surface area (Å²) in [5.41, 5.74) is -7.97. The summed E-state index contributed by atoms with van der Waals surface area (Å²) in [6.45, 7) is 16.3. The number of hydrogen-bond acceptors (Lipinski definition) is 11. The van der Waals surface area contributed by atoms with E-state index in [-0.39, 0.29) is 40.6 Å². The van der Waals surface area contributed by atoms with Gasteiger partial charge in [0.2, 0.25) is 11.2 Å². The van der Waals surface area contributed by atoms with Crippen LogP contribution in [0, 0.1) is 21.7 Å². The molecule has 0 spiro atoms. The molecule has 4 heterocycles. The first kappa shape index (κ1) is 32.6. The lowest BCUT2D eigenvalue weighted by atomic mass is 9.66. The third-order valence-corrected chi connectivity index (χ3v) is 13.4. The number of esters is 4. The van der Waals surface area contributed by atoms with E-state index in [2.05, 4.69) is 0 Å². The molecule has 0 amide bonds. The van der Waals surface area contributed by atoms with Crippen LogP contribution in [0.5, 0.6) is 5.75 Å². The fourth-order valence-electron chi connectivity index (χ4n) is 9.01. The van der Waals surface area contributed by atoms with Crippen molar-refractivity contribution in [2.75, 3.05) is 0 Å². The van der Waals surface area contributed by atoms with Gasteiger partial charge in [-0.25, -0.2) is 9.59 Å². The average molecular weight is 665 g/mol. The summed E-state index contributed by atoms with van der Waals surface area (Å²) in [5.74, 6) is -1.79. The Morgan fingerprint density at radius 3 is 1.79 bits per heavy atom. The molecule has 0 radical (unpaired) electrons. The predicted molar refractivity (Wildman–Crippen MR) is 170 cm³/mol. The summed E-state index contributed by atoms with van der Waals surface area (Å²) in [6.07, 6.45) is -0.0693. The fraction of sp³-hybridized carbons (Fsp3) is 0.649. The highest BCUT2D eigenvalue weighted by molar-refractivity contribution is 5.95. The molecule has 4 bridgehead atoms. The van der Waals surface area contributed by atoms with Crippen molar-refractivity contribution in [2.45, 2.75) is 130 Å². The van der Waals surface area contributed by atoms with E-state index < -0.39 is 74.5 Å². The molecule has 4 unspecified atom stereocenters. The molecular weight excluding hydrogens is 620 g/mol. The summed E-state index contributed by atoms with van der Waals surface area (Å²) in [4.78, 5) is 68.5. The zero-order valence-electron chi connectivity index (χ0n) is 29.1. The zero-order chi connectivity index (χ0) is 35.0. The monoisotopic (exact) mass is 664 g/mol. The molecule has 11 heteroatoms. The minimum Gasteiger partial charge on any atom is -0.483 e. The van der Waals surface area contributed by atoms with E-state index in [0.717, 1.165) is 0 Å². The van der Waals surface area contributed by atoms with Gasteiger partial charge < -0.3 is 28.1 Å². The maximum atomic E-state index is 14.5. The topological polar surface area (TPSA) is 145 Å². The van der Waals surface area contributed by atoms with Crippen molar-refractivity contribution in [3.63, 3.8) is 0 Å². The van der Waals surface area contributed by atoms with E-state index >= 15 is 0 Å². The van der Waals surface area contributed by atoms with Crippen LogP contribution in [0.15, 0.2) is 27.4 Å². The van der Waals surface area contributed by atoms with Crippen molar-refractivity contribution >= 4 is 34.8 Å². The Morgan fingerprint density at radius 2 is 1.31 bits per heavy atom. The van der Waals surface area contributed by atoms with E-state index in [1.165, 1.54) is 6.07 Å².